The van der Waals surface area contributed by atoms with Crippen LogP contribution in [0.1, 0.15) is 0 Å². The molecule has 3 nitrogen and oxygen atoms in total. The summed E-state index contributed by atoms with van der Waals surface area (Å²) in [7, 11) is 0. The molecule has 0 aliphatic heterocycles. The van der Waals surface area contributed by atoms with Crippen LogP contribution in [-0.4, -0.2) is 0 Å². The minimum Gasteiger partial charge on any atom is -0.455 e. The summed E-state index contributed by atoms with van der Waals surface area (Å²) in [6.45, 7) is 0. The number of fused-ring (bicyclic) bond motifs is 10. The molecule has 0 radical (unpaired) electrons. The van der Waals surface area contributed by atoms with Gasteiger partial charge in [-0.25, -0.2) is 0 Å². The van der Waals surface area contributed by atoms with Crippen molar-refractivity contribution in [3.05, 3.63) is 188 Å². The summed E-state index contributed by atoms with van der Waals surface area (Å²) < 4.78 is 13.5. The lowest BCUT2D eigenvalue weighted by Gasteiger charge is -2.26. The summed E-state index contributed by atoms with van der Waals surface area (Å²) >= 11 is 0. The summed E-state index contributed by atoms with van der Waals surface area (Å²) in [6, 6.07) is 66.6. The van der Waals surface area contributed by atoms with Gasteiger partial charge in [0.25, 0.3) is 0 Å². The summed E-state index contributed by atoms with van der Waals surface area (Å²) in [5.74, 6) is 0. The van der Waals surface area contributed by atoms with Crippen molar-refractivity contribution in [2.24, 2.45) is 0 Å². The minimum atomic E-state index is 0.856. The van der Waals surface area contributed by atoms with Gasteiger partial charge < -0.3 is 13.7 Å². The van der Waals surface area contributed by atoms with E-state index in [4.69, 9.17) is 8.83 Å². The van der Waals surface area contributed by atoms with E-state index in [1.807, 2.05) is 12.1 Å². The highest BCUT2D eigenvalue weighted by Crippen LogP contribution is 2.45. The van der Waals surface area contributed by atoms with E-state index in [9.17, 15) is 0 Å². The first-order valence-electron chi connectivity index (χ1n) is 18.0. The standard InChI is InChI=1S/C50H31NO2/c1-2-11-32(12-3-1)36-14-8-15-38(31-36)51(45-21-10-20-42-41-17-6-7-22-46(41)52-49(42)45)37-28-25-34(26-29-37)40-18-9-19-43-44-30-27-35-24-23-33-13-4-5-16-39(33)47(35)50(44)53-48(40)43/h1-31H. The summed E-state index contributed by atoms with van der Waals surface area (Å²) in [6.07, 6.45) is 0. The molecule has 2 aromatic heterocycles. The molecule has 3 heteroatoms. The van der Waals surface area contributed by atoms with Crippen molar-refractivity contribution >= 4 is 82.5 Å². The molecule has 2 heterocycles. The van der Waals surface area contributed by atoms with Gasteiger partial charge in [0.15, 0.2) is 5.58 Å². The molecule has 0 fully saturated rings. The number of nitrogens with zero attached hydrogens (tertiary/aromatic N) is 1. The maximum Gasteiger partial charge on any atom is 0.159 e. The van der Waals surface area contributed by atoms with E-state index in [2.05, 4.69) is 181 Å². The Kier molecular flexibility index (Phi) is 6.55. The van der Waals surface area contributed by atoms with Crippen molar-refractivity contribution in [1.29, 1.82) is 0 Å². The van der Waals surface area contributed by atoms with Crippen LogP contribution in [0.15, 0.2) is 197 Å². The molecule has 53 heavy (non-hydrogen) atoms. The van der Waals surface area contributed by atoms with Crippen LogP contribution in [0, 0.1) is 0 Å². The highest BCUT2D eigenvalue weighted by atomic mass is 16.3. The van der Waals surface area contributed by atoms with Gasteiger partial charge in [-0.05, 0) is 75.3 Å². The third-order valence-electron chi connectivity index (χ3n) is 10.6. The Morgan fingerprint density at radius 3 is 1.89 bits per heavy atom. The molecule has 0 aliphatic carbocycles. The summed E-state index contributed by atoms with van der Waals surface area (Å²) in [5, 5.41) is 9.20. The molecule has 0 saturated heterocycles. The van der Waals surface area contributed by atoms with Crippen LogP contribution in [0.5, 0.6) is 0 Å². The Balaban J connectivity index is 1.08. The van der Waals surface area contributed by atoms with Crippen LogP contribution in [0.25, 0.3) is 87.7 Å². The van der Waals surface area contributed by atoms with Crippen LogP contribution in [0.4, 0.5) is 17.1 Å². The molecule has 9 aromatic carbocycles. The smallest absolute Gasteiger partial charge is 0.159 e. The first-order chi connectivity index (χ1) is 26.3. The minimum absolute atomic E-state index is 0.856. The van der Waals surface area contributed by atoms with Crippen LogP contribution in [-0.2, 0) is 0 Å². The molecule has 248 valence electrons. The fourth-order valence-corrected chi connectivity index (χ4v) is 8.15. The van der Waals surface area contributed by atoms with Gasteiger partial charge in [-0.1, -0.05) is 146 Å². The Labute approximate surface area is 305 Å². The zero-order chi connectivity index (χ0) is 34.9. The van der Waals surface area contributed by atoms with Gasteiger partial charge in [0.1, 0.15) is 16.7 Å². The fraction of sp³-hybridized carbons (Fsp3) is 0. The topological polar surface area (TPSA) is 29.5 Å². The van der Waals surface area contributed by atoms with E-state index in [-0.39, 0.29) is 0 Å². The van der Waals surface area contributed by atoms with E-state index >= 15 is 0 Å². The van der Waals surface area contributed by atoms with Gasteiger partial charge in [0.2, 0.25) is 0 Å². The number of benzene rings is 9. The normalized spacial score (nSPS) is 11.8. The average Bonchev–Trinajstić information content (AvgIpc) is 3.81. The Morgan fingerprint density at radius 1 is 0.340 bits per heavy atom. The van der Waals surface area contributed by atoms with E-state index in [0.717, 1.165) is 83.0 Å². The zero-order valence-electron chi connectivity index (χ0n) is 28.7. The number of anilines is 3. The van der Waals surface area contributed by atoms with Crippen LogP contribution in [0.3, 0.4) is 0 Å². The molecule has 0 bridgehead atoms. The van der Waals surface area contributed by atoms with Crippen LogP contribution < -0.4 is 4.90 Å². The van der Waals surface area contributed by atoms with Gasteiger partial charge in [-0.2, -0.15) is 0 Å². The lowest BCUT2D eigenvalue weighted by molar-refractivity contribution is 0.669. The first-order valence-corrected chi connectivity index (χ1v) is 18.0. The molecule has 0 amide bonds. The second-order valence-electron chi connectivity index (χ2n) is 13.7. The van der Waals surface area contributed by atoms with E-state index in [1.54, 1.807) is 0 Å². The second kappa shape index (κ2) is 11.7. The first kappa shape index (κ1) is 29.6. The van der Waals surface area contributed by atoms with Crippen LogP contribution in [0.2, 0.25) is 0 Å². The number of rotatable bonds is 5. The summed E-state index contributed by atoms with van der Waals surface area (Å²) in [5.41, 5.74) is 11.1. The van der Waals surface area contributed by atoms with Crippen molar-refractivity contribution in [3.8, 4) is 22.3 Å². The Morgan fingerprint density at radius 2 is 1.00 bits per heavy atom. The summed E-state index contributed by atoms with van der Waals surface area (Å²) in [4.78, 5) is 2.31. The van der Waals surface area contributed by atoms with Gasteiger partial charge in [-0.3, -0.25) is 0 Å². The molecule has 0 spiro atoms. The molecule has 11 aromatic rings. The van der Waals surface area contributed by atoms with Crippen molar-refractivity contribution in [2.75, 3.05) is 4.90 Å². The SMILES string of the molecule is c1ccc(-c2cccc(N(c3ccc(-c4cccc5c4oc4c5ccc5ccc6ccccc6c54)cc3)c3cccc4c3oc3ccccc34)c2)cc1. The molecule has 0 unspecified atom stereocenters. The maximum absolute atomic E-state index is 6.89. The molecule has 0 N–H and O–H groups in total. The van der Waals surface area contributed by atoms with Crippen molar-refractivity contribution in [1.82, 2.24) is 0 Å². The lowest BCUT2D eigenvalue weighted by atomic mass is 9.98. The van der Waals surface area contributed by atoms with Gasteiger partial charge in [0, 0.05) is 43.9 Å². The van der Waals surface area contributed by atoms with E-state index < -0.39 is 0 Å². The maximum atomic E-state index is 6.89. The third-order valence-corrected chi connectivity index (χ3v) is 10.6. The molecular formula is C50H31NO2. The van der Waals surface area contributed by atoms with Crippen molar-refractivity contribution in [3.63, 3.8) is 0 Å². The van der Waals surface area contributed by atoms with E-state index in [1.165, 1.54) is 21.7 Å². The Hall–Kier alpha value is -7.10. The van der Waals surface area contributed by atoms with Crippen LogP contribution >= 0.6 is 0 Å². The number of hydrogen-bond donors (Lipinski definition) is 0. The highest BCUT2D eigenvalue weighted by molar-refractivity contribution is 6.24. The third kappa shape index (κ3) is 4.68. The van der Waals surface area contributed by atoms with E-state index in [0.29, 0.717) is 0 Å². The number of furan rings is 2. The predicted octanol–water partition coefficient (Wildman–Crippen LogP) is 14.6. The lowest BCUT2D eigenvalue weighted by Crippen LogP contribution is -2.10. The molecule has 0 aliphatic rings. The number of para-hydroxylation sites is 3. The number of hydrogen-bond acceptors (Lipinski definition) is 3. The Bertz CT molecular complexity index is 3170. The molecule has 0 saturated carbocycles. The highest BCUT2D eigenvalue weighted by Gasteiger charge is 2.21. The van der Waals surface area contributed by atoms with Gasteiger partial charge in [0.05, 0.1) is 5.69 Å². The largest absolute Gasteiger partial charge is 0.455 e. The fourth-order valence-electron chi connectivity index (χ4n) is 8.15. The molecular weight excluding hydrogens is 647 g/mol. The van der Waals surface area contributed by atoms with Gasteiger partial charge in [-0.15, -0.1) is 0 Å². The predicted molar refractivity (Wildman–Crippen MR) is 222 cm³/mol. The average molecular weight is 678 g/mol. The molecule has 11 rings (SSSR count). The quantitative estimate of drug-likeness (QED) is 0.170. The van der Waals surface area contributed by atoms with Gasteiger partial charge >= 0.3 is 0 Å². The molecule has 0 atom stereocenters. The van der Waals surface area contributed by atoms with Crippen molar-refractivity contribution < 1.29 is 8.83 Å². The monoisotopic (exact) mass is 677 g/mol. The van der Waals surface area contributed by atoms with Crippen molar-refractivity contribution in [2.45, 2.75) is 0 Å². The zero-order valence-corrected chi connectivity index (χ0v) is 28.7. The second-order valence-corrected chi connectivity index (χ2v) is 13.7.